The maximum atomic E-state index is 13.2. The summed E-state index contributed by atoms with van der Waals surface area (Å²) in [6.07, 6.45) is 2.95. The number of carbonyl (C=O) groups is 4. The van der Waals surface area contributed by atoms with E-state index in [2.05, 4.69) is 20.8 Å². The van der Waals surface area contributed by atoms with Gasteiger partial charge in [0, 0.05) is 35.7 Å². The number of nitrogens with one attached hydrogen (secondary N) is 2. The fourth-order valence-corrected chi connectivity index (χ4v) is 6.15. The number of aromatic nitrogens is 2. The van der Waals surface area contributed by atoms with Crippen LogP contribution in [0.4, 0.5) is 10.8 Å². The third-order valence-electron chi connectivity index (χ3n) is 6.04. The van der Waals surface area contributed by atoms with E-state index in [9.17, 15) is 24.3 Å². The SMILES string of the molecule is Nc1ccc[n+](CC2=C(C(=O)O)N3C(=O)[C@@H](NC(=O)C(=NO[C@H]4CCNC4=O)c4csc(N)n4)[C@@H]3SC2)c1. The van der Waals surface area contributed by atoms with Crippen LogP contribution in [0, 0.1) is 0 Å². The Morgan fingerprint density at radius 2 is 2.18 bits per heavy atom. The third-order valence-corrected chi connectivity index (χ3v) is 8.05. The molecule has 0 aromatic carbocycles. The summed E-state index contributed by atoms with van der Waals surface area (Å²) in [4.78, 5) is 60.8. The van der Waals surface area contributed by atoms with Gasteiger partial charge in [0.1, 0.15) is 22.8 Å². The quantitative estimate of drug-likeness (QED) is 0.111. The molecule has 0 radical (unpaired) electrons. The van der Waals surface area contributed by atoms with E-state index in [-0.39, 0.29) is 34.7 Å². The molecule has 0 spiro atoms. The number of β-lactam (4-membered cyclic amide) rings is 1. The number of aliphatic carboxylic acids is 1. The van der Waals surface area contributed by atoms with Crippen molar-refractivity contribution in [2.75, 3.05) is 23.8 Å². The van der Waals surface area contributed by atoms with Gasteiger partial charge < -0.3 is 32.0 Å². The molecule has 3 aliphatic rings. The van der Waals surface area contributed by atoms with Gasteiger partial charge in [-0.3, -0.25) is 19.3 Å². The summed E-state index contributed by atoms with van der Waals surface area (Å²) in [6, 6.07) is 2.46. The van der Waals surface area contributed by atoms with Crippen LogP contribution in [-0.2, 0) is 30.6 Å². The number of thiazole rings is 1. The monoisotopic (exact) mass is 559 g/mol. The molecule has 5 heterocycles. The number of rotatable bonds is 8. The number of carbonyl (C=O) groups excluding carboxylic acids is 3. The predicted octanol–water partition coefficient (Wildman–Crippen LogP) is -1.36. The van der Waals surface area contributed by atoms with Crippen molar-refractivity contribution >= 4 is 63.3 Å². The first-order chi connectivity index (χ1) is 18.2. The van der Waals surface area contributed by atoms with E-state index in [1.807, 2.05) is 0 Å². The molecule has 5 rings (SSSR count). The van der Waals surface area contributed by atoms with Crippen molar-refractivity contribution in [2.45, 2.75) is 30.5 Å². The molecule has 2 aromatic heterocycles. The summed E-state index contributed by atoms with van der Waals surface area (Å²) in [5.41, 5.74) is 12.3. The van der Waals surface area contributed by atoms with E-state index in [4.69, 9.17) is 16.3 Å². The number of amides is 3. The number of hydrogen-bond donors (Lipinski definition) is 5. The fourth-order valence-electron chi connectivity index (χ4n) is 4.26. The lowest BCUT2D eigenvalue weighted by atomic mass is 10.0. The van der Waals surface area contributed by atoms with Crippen molar-refractivity contribution in [3.8, 4) is 0 Å². The largest absolute Gasteiger partial charge is 0.477 e. The van der Waals surface area contributed by atoms with Crippen molar-refractivity contribution in [1.29, 1.82) is 0 Å². The van der Waals surface area contributed by atoms with Crippen LogP contribution >= 0.6 is 23.1 Å². The van der Waals surface area contributed by atoms with Crippen LogP contribution < -0.4 is 26.7 Å². The van der Waals surface area contributed by atoms with E-state index in [1.54, 1.807) is 29.1 Å². The molecule has 3 atom stereocenters. The highest BCUT2D eigenvalue weighted by atomic mass is 32.2. The number of nitrogens with zero attached hydrogens (tertiary/aromatic N) is 4. The van der Waals surface area contributed by atoms with Crippen LogP contribution in [0.15, 0.2) is 46.3 Å². The van der Waals surface area contributed by atoms with E-state index < -0.39 is 35.3 Å². The first-order valence-electron chi connectivity index (χ1n) is 11.4. The van der Waals surface area contributed by atoms with E-state index >= 15 is 0 Å². The summed E-state index contributed by atoms with van der Waals surface area (Å²) in [5.74, 6) is -2.61. The van der Waals surface area contributed by atoms with Gasteiger partial charge >= 0.3 is 5.97 Å². The number of thioether (sulfide) groups is 1. The van der Waals surface area contributed by atoms with Crippen LogP contribution in [0.2, 0.25) is 0 Å². The smallest absolute Gasteiger partial charge is 0.352 e. The topological polar surface area (TPSA) is 206 Å². The first-order valence-corrected chi connectivity index (χ1v) is 13.3. The summed E-state index contributed by atoms with van der Waals surface area (Å²) < 4.78 is 1.74. The molecule has 2 fully saturated rings. The van der Waals surface area contributed by atoms with Gasteiger partial charge in [-0.1, -0.05) is 5.16 Å². The van der Waals surface area contributed by atoms with Crippen molar-refractivity contribution in [1.82, 2.24) is 20.5 Å². The zero-order chi connectivity index (χ0) is 27.0. The predicted molar refractivity (Wildman–Crippen MR) is 136 cm³/mol. The Morgan fingerprint density at radius 1 is 1.37 bits per heavy atom. The number of anilines is 2. The maximum Gasteiger partial charge on any atom is 0.352 e. The average Bonchev–Trinajstić information content (AvgIpc) is 3.50. The zero-order valence-corrected chi connectivity index (χ0v) is 21.3. The number of fused-ring (bicyclic) bond motifs is 1. The number of oxime groups is 1. The lowest BCUT2D eigenvalue weighted by molar-refractivity contribution is -0.688. The Hall–Kier alpha value is -4.18. The van der Waals surface area contributed by atoms with E-state index in [0.717, 1.165) is 11.3 Å². The Kier molecular flexibility index (Phi) is 6.90. The molecule has 0 aliphatic carbocycles. The van der Waals surface area contributed by atoms with Gasteiger partial charge in [-0.2, -0.15) is 4.57 Å². The highest BCUT2D eigenvalue weighted by Crippen LogP contribution is 2.40. The second-order valence-electron chi connectivity index (χ2n) is 8.61. The molecule has 0 saturated carbocycles. The third kappa shape index (κ3) is 4.87. The Morgan fingerprint density at radius 3 is 2.84 bits per heavy atom. The molecule has 3 amide bonds. The number of carboxylic acid groups (broad SMARTS) is 1. The van der Waals surface area contributed by atoms with Gasteiger partial charge in [-0.05, 0) is 6.07 Å². The van der Waals surface area contributed by atoms with Gasteiger partial charge in [0.2, 0.25) is 6.10 Å². The van der Waals surface area contributed by atoms with Gasteiger partial charge in [-0.15, -0.1) is 23.1 Å². The molecule has 0 unspecified atom stereocenters. The normalized spacial score (nSPS) is 23.0. The van der Waals surface area contributed by atoms with Crippen LogP contribution in [0.3, 0.4) is 0 Å². The minimum Gasteiger partial charge on any atom is -0.477 e. The second kappa shape index (κ2) is 10.3. The van der Waals surface area contributed by atoms with Gasteiger partial charge in [0.15, 0.2) is 29.8 Å². The molecule has 3 aliphatic heterocycles. The average molecular weight is 560 g/mol. The van der Waals surface area contributed by atoms with Gasteiger partial charge in [0.05, 0.1) is 5.69 Å². The second-order valence-corrected chi connectivity index (χ2v) is 10.6. The minimum atomic E-state index is -1.24. The van der Waals surface area contributed by atoms with Crippen LogP contribution in [0.5, 0.6) is 0 Å². The molecule has 198 valence electrons. The standard InChI is InChI=1S/C22H22N8O6S2/c23-11-2-1-5-29(7-11)6-10-8-37-20-15(19(33)30(20)16(10)21(34)35)27-18(32)14(12-9-38-22(24)26-12)28-36-13-3-4-25-17(13)31/h1-2,5,7,9,13,15,20H,3-4,6,8,23H2,(H4-,24,25,26,27,31,32,34,35)/p+1/t13-,15+,20-/m0/s1. The number of pyridine rings is 1. The van der Waals surface area contributed by atoms with Crippen LogP contribution in [0.1, 0.15) is 12.1 Å². The molecule has 0 bridgehead atoms. The van der Waals surface area contributed by atoms with Gasteiger partial charge in [0.25, 0.3) is 17.7 Å². The first kappa shape index (κ1) is 25.5. The molecule has 38 heavy (non-hydrogen) atoms. The summed E-state index contributed by atoms with van der Waals surface area (Å²) in [7, 11) is 0. The van der Waals surface area contributed by atoms with Crippen LogP contribution in [-0.4, -0.2) is 74.2 Å². The van der Waals surface area contributed by atoms with Crippen LogP contribution in [0.25, 0.3) is 0 Å². The number of nitrogens with two attached hydrogens (primary N) is 2. The molecule has 2 aromatic rings. The van der Waals surface area contributed by atoms with E-state index in [0.29, 0.717) is 30.0 Å². The minimum absolute atomic E-state index is 0.115. The molecule has 2 saturated heterocycles. The van der Waals surface area contributed by atoms with Gasteiger partial charge in [-0.25, -0.2) is 9.78 Å². The Bertz CT molecular complexity index is 1390. The van der Waals surface area contributed by atoms with Crippen molar-refractivity contribution in [3.63, 3.8) is 0 Å². The molecule has 7 N–H and O–H groups in total. The highest BCUT2D eigenvalue weighted by molar-refractivity contribution is 8.00. The Balaban J connectivity index is 1.34. The number of hydrogen-bond acceptors (Lipinski definition) is 11. The zero-order valence-electron chi connectivity index (χ0n) is 19.7. The van der Waals surface area contributed by atoms with Crippen molar-refractivity contribution in [3.05, 3.63) is 46.9 Å². The highest BCUT2D eigenvalue weighted by Gasteiger charge is 2.54. The Labute approximate surface area is 223 Å². The van der Waals surface area contributed by atoms with E-state index in [1.165, 1.54) is 22.0 Å². The summed E-state index contributed by atoms with van der Waals surface area (Å²) >= 11 is 2.41. The lowest BCUT2D eigenvalue weighted by Crippen LogP contribution is -2.71. The van der Waals surface area contributed by atoms with Crippen molar-refractivity contribution < 1.29 is 33.7 Å². The molecule has 16 heteroatoms. The molecule has 14 nitrogen and oxygen atoms in total. The molecular weight excluding hydrogens is 536 g/mol. The molecular formula is C22H23N8O6S2+. The summed E-state index contributed by atoms with van der Waals surface area (Å²) in [6.45, 7) is 0.661. The van der Waals surface area contributed by atoms with Crippen molar-refractivity contribution in [2.24, 2.45) is 5.16 Å². The maximum absolute atomic E-state index is 13.2. The number of carboxylic acids is 1. The fraction of sp³-hybridized carbons (Fsp3) is 0.318. The lowest BCUT2D eigenvalue weighted by Gasteiger charge is -2.49. The number of nitrogen functional groups attached to an aromatic ring is 2. The summed E-state index contributed by atoms with van der Waals surface area (Å²) in [5, 5.41) is 20.1.